The van der Waals surface area contributed by atoms with Gasteiger partial charge in [-0.15, -0.1) is 0 Å². The van der Waals surface area contributed by atoms with E-state index < -0.39 is 0 Å². The molecule has 0 radical (unpaired) electrons. The number of thiol groups is 1. The Bertz CT molecular complexity index is 858. The average Bonchev–Trinajstić information content (AvgIpc) is 2.63. The zero-order valence-corrected chi connectivity index (χ0v) is 17.9. The van der Waals surface area contributed by atoms with E-state index >= 15 is 0 Å². The van der Waals surface area contributed by atoms with Crippen LogP contribution in [0.5, 0.6) is 0 Å². The first-order valence-corrected chi connectivity index (χ1v) is 9.90. The minimum atomic E-state index is -0.278. The highest BCUT2D eigenvalue weighted by molar-refractivity contribution is 7.78. The van der Waals surface area contributed by atoms with Gasteiger partial charge in [-0.1, -0.05) is 31.0 Å². The minimum absolute atomic E-state index is 0.0288. The number of aryl methyl sites for hydroxylation is 2. The van der Waals surface area contributed by atoms with Crippen molar-refractivity contribution in [2.45, 2.75) is 59.8 Å². The van der Waals surface area contributed by atoms with Gasteiger partial charge in [-0.25, -0.2) is 0 Å². The molecule has 6 nitrogen and oxygen atoms in total. The molecule has 2 N–H and O–H groups in total. The second kappa shape index (κ2) is 9.28. The van der Waals surface area contributed by atoms with E-state index in [9.17, 15) is 14.7 Å². The van der Waals surface area contributed by atoms with Crippen molar-refractivity contribution in [1.29, 1.82) is 0 Å². The number of aliphatic hydroxyl groups is 1. The molecule has 1 aliphatic carbocycles. The molecule has 0 spiro atoms. The van der Waals surface area contributed by atoms with E-state index in [0.717, 1.165) is 22.3 Å². The maximum absolute atomic E-state index is 12.9. The Labute approximate surface area is 171 Å². The summed E-state index contributed by atoms with van der Waals surface area (Å²) in [6.45, 7) is 9.79. The fourth-order valence-electron chi connectivity index (χ4n) is 4.09. The Balaban J connectivity index is 2.51. The van der Waals surface area contributed by atoms with Gasteiger partial charge in [-0.3, -0.25) is 14.3 Å². The molecule has 0 saturated heterocycles. The van der Waals surface area contributed by atoms with Crippen LogP contribution in [0.15, 0.2) is 22.6 Å². The van der Waals surface area contributed by atoms with Crippen molar-refractivity contribution in [2.75, 3.05) is 6.61 Å². The van der Waals surface area contributed by atoms with Crippen LogP contribution >= 0.6 is 12.8 Å². The molecule has 7 heteroatoms. The highest BCUT2D eigenvalue weighted by atomic mass is 32.1. The predicted molar refractivity (Wildman–Crippen MR) is 113 cm³/mol. The molecule has 1 aliphatic rings. The van der Waals surface area contributed by atoms with Gasteiger partial charge in [0.2, 0.25) is 0 Å². The van der Waals surface area contributed by atoms with Gasteiger partial charge in [-0.05, 0) is 62.3 Å². The lowest BCUT2D eigenvalue weighted by Gasteiger charge is -2.28. The highest BCUT2D eigenvalue weighted by Crippen LogP contribution is 2.39. The Hall–Kier alpha value is -2.28. The average molecular weight is 405 g/mol. The third-order valence-electron chi connectivity index (χ3n) is 5.13. The number of benzene rings is 1. The molecular weight excluding hydrogens is 376 g/mol. The number of carbonyl (C=O) groups is 2. The molecular formula is C21H28N2O4S. The van der Waals surface area contributed by atoms with Crippen molar-refractivity contribution in [3.8, 4) is 0 Å². The highest BCUT2D eigenvalue weighted by Gasteiger charge is 2.33. The van der Waals surface area contributed by atoms with Crippen LogP contribution in [0.3, 0.4) is 0 Å². The van der Waals surface area contributed by atoms with E-state index in [1.165, 1.54) is 0 Å². The first kappa shape index (κ1) is 22.0. The van der Waals surface area contributed by atoms with Crippen LogP contribution in [0, 0.1) is 20.8 Å². The van der Waals surface area contributed by atoms with Crippen molar-refractivity contribution in [1.82, 2.24) is 4.72 Å². The largest absolute Gasteiger partial charge is 0.511 e. The van der Waals surface area contributed by atoms with Gasteiger partial charge in [-0.2, -0.15) is 0 Å². The molecule has 1 aromatic carbocycles. The number of amides is 1. The third-order valence-corrected chi connectivity index (χ3v) is 5.34. The topological polar surface area (TPSA) is 88.0 Å². The maximum atomic E-state index is 12.9. The molecule has 0 aromatic heterocycles. The molecule has 152 valence electrons. The SMILES string of the molecule is CCON=C(CC)C1=C(O)CC(c2c(C)cc(C)c(C(=O)NS)c2C)CC1=O. The van der Waals surface area contributed by atoms with E-state index in [0.29, 0.717) is 30.7 Å². The lowest BCUT2D eigenvalue weighted by Crippen LogP contribution is -2.25. The predicted octanol–water partition coefficient (Wildman–Crippen LogP) is 4.25. The van der Waals surface area contributed by atoms with Gasteiger partial charge in [0.05, 0.1) is 11.3 Å². The van der Waals surface area contributed by atoms with Crippen LogP contribution in [0.2, 0.25) is 0 Å². The van der Waals surface area contributed by atoms with Crippen LogP contribution in [0.25, 0.3) is 0 Å². The number of carbonyl (C=O) groups excluding carboxylic acids is 2. The van der Waals surface area contributed by atoms with Gasteiger partial charge in [0.1, 0.15) is 12.4 Å². The number of allylic oxidation sites excluding steroid dienone is 2. The van der Waals surface area contributed by atoms with Gasteiger partial charge in [0, 0.05) is 18.4 Å². The fourth-order valence-corrected chi connectivity index (χ4v) is 4.20. The van der Waals surface area contributed by atoms with Crippen molar-refractivity contribution >= 4 is 30.2 Å². The number of oxime groups is 1. The summed E-state index contributed by atoms with van der Waals surface area (Å²) in [5.74, 6) is -0.609. The van der Waals surface area contributed by atoms with Crippen molar-refractivity contribution in [3.63, 3.8) is 0 Å². The summed E-state index contributed by atoms with van der Waals surface area (Å²) in [6, 6.07) is 1.94. The van der Waals surface area contributed by atoms with Crippen molar-refractivity contribution in [2.24, 2.45) is 5.16 Å². The standard InChI is InChI=1S/C21H28N2O4S/c1-6-15(22-27-7-2)20-16(24)9-14(10-17(20)25)18-11(3)8-12(4)19(13(18)5)21(26)23-28/h8,14,24,28H,6-7,9-10H2,1-5H3,(H,23,26). The summed E-state index contributed by atoms with van der Waals surface area (Å²) >= 11 is 3.88. The van der Waals surface area contributed by atoms with Gasteiger partial charge < -0.3 is 9.94 Å². The number of nitrogens with zero attached hydrogens (tertiary/aromatic N) is 1. The van der Waals surface area contributed by atoms with Crippen LogP contribution < -0.4 is 4.72 Å². The molecule has 2 rings (SSSR count). The molecule has 1 unspecified atom stereocenters. The molecule has 0 aliphatic heterocycles. The van der Waals surface area contributed by atoms with E-state index in [1.807, 2.05) is 40.7 Å². The summed E-state index contributed by atoms with van der Waals surface area (Å²) in [7, 11) is 0. The smallest absolute Gasteiger partial charge is 0.261 e. The summed E-state index contributed by atoms with van der Waals surface area (Å²) < 4.78 is 2.38. The monoisotopic (exact) mass is 404 g/mol. The van der Waals surface area contributed by atoms with Gasteiger partial charge in [0.15, 0.2) is 5.78 Å². The van der Waals surface area contributed by atoms with Crippen LogP contribution in [0.4, 0.5) is 0 Å². The second-order valence-electron chi connectivity index (χ2n) is 7.02. The number of ketones is 1. The molecule has 0 fully saturated rings. The number of rotatable bonds is 6. The second-order valence-corrected chi connectivity index (χ2v) is 7.25. The van der Waals surface area contributed by atoms with E-state index in [-0.39, 0.29) is 35.4 Å². The molecule has 0 saturated carbocycles. The summed E-state index contributed by atoms with van der Waals surface area (Å²) in [5.41, 5.74) is 4.89. The van der Waals surface area contributed by atoms with E-state index in [4.69, 9.17) is 4.84 Å². The zero-order valence-electron chi connectivity index (χ0n) is 17.0. The molecule has 0 bridgehead atoms. The Morgan fingerprint density at radius 1 is 1.29 bits per heavy atom. The molecule has 1 aromatic rings. The number of Topliss-reactive ketones (excluding diaryl/α,β-unsaturated/α-hetero) is 1. The molecule has 1 amide bonds. The third kappa shape index (κ3) is 4.24. The normalized spacial score (nSPS) is 17.7. The first-order valence-electron chi connectivity index (χ1n) is 9.46. The van der Waals surface area contributed by atoms with E-state index in [1.54, 1.807) is 0 Å². The lowest BCUT2D eigenvalue weighted by molar-refractivity contribution is -0.116. The number of hydrogen-bond donors (Lipinski definition) is 3. The molecule has 0 heterocycles. The number of aliphatic hydroxyl groups excluding tert-OH is 1. The van der Waals surface area contributed by atoms with Gasteiger partial charge in [0.25, 0.3) is 5.91 Å². The molecule has 28 heavy (non-hydrogen) atoms. The van der Waals surface area contributed by atoms with Gasteiger partial charge >= 0.3 is 0 Å². The quantitative estimate of drug-likeness (QED) is 0.376. The zero-order chi connectivity index (χ0) is 21.0. The van der Waals surface area contributed by atoms with Crippen LogP contribution in [0.1, 0.15) is 71.6 Å². The van der Waals surface area contributed by atoms with Crippen LogP contribution in [-0.2, 0) is 9.63 Å². The first-order chi connectivity index (χ1) is 13.3. The Morgan fingerprint density at radius 2 is 1.96 bits per heavy atom. The maximum Gasteiger partial charge on any atom is 0.261 e. The van der Waals surface area contributed by atoms with Crippen molar-refractivity contribution in [3.05, 3.63) is 45.2 Å². The summed E-state index contributed by atoms with van der Waals surface area (Å²) in [5, 5.41) is 14.7. The minimum Gasteiger partial charge on any atom is -0.511 e. The Morgan fingerprint density at radius 3 is 2.50 bits per heavy atom. The number of nitrogens with one attached hydrogen (secondary N) is 1. The fraction of sp³-hybridized carbons (Fsp3) is 0.476. The Kier molecular flexibility index (Phi) is 7.29. The summed E-state index contributed by atoms with van der Waals surface area (Å²) in [6.07, 6.45) is 1.06. The van der Waals surface area contributed by atoms with Crippen LogP contribution in [-0.4, -0.2) is 29.1 Å². The lowest BCUT2D eigenvalue weighted by atomic mass is 9.76. The van der Waals surface area contributed by atoms with Crippen molar-refractivity contribution < 1.29 is 19.5 Å². The summed E-state index contributed by atoms with van der Waals surface area (Å²) in [4.78, 5) is 30.2. The molecule has 1 atom stereocenters. The number of hydrogen-bond acceptors (Lipinski definition) is 6. The van der Waals surface area contributed by atoms with E-state index in [2.05, 4.69) is 22.7 Å².